The van der Waals surface area contributed by atoms with Crippen LogP contribution in [0.4, 0.5) is 0 Å². The van der Waals surface area contributed by atoms with Crippen molar-refractivity contribution in [2.75, 3.05) is 0 Å². The summed E-state index contributed by atoms with van der Waals surface area (Å²) < 4.78 is 0. The highest BCUT2D eigenvalue weighted by Gasteiger charge is 2.23. The van der Waals surface area contributed by atoms with E-state index in [1.807, 2.05) is 0 Å². The Morgan fingerprint density at radius 3 is 2.75 bits per heavy atom. The summed E-state index contributed by atoms with van der Waals surface area (Å²) in [5.74, 6) is 0.189. The Labute approximate surface area is 94.3 Å². The Morgan fingerprint density at radius 2 is 2.12 bits per heavy atom. The molecule has 1 heterocycles. The number of aromatic amines is 1. The highest BCUT2D eigenvalue weighted by molar-refractivity contribution is 5.74. The first-order chi connectivity index (χ1) is 7.68. The van der Waals surface area contributed by atoms with Crippen LogP contribution in [0.3, 0.4) is 0 Å². The molecule has 0 amide bonds. The summed E-state index contributed by atoms with van der Waals surface area (Å²) >= 11 is 0. The average Bonchev–Trinajstić information content (AvgIpc) is 2.78. The van der Waals surface area contributed by atoms with Crippen LogP contribution in [0.2, 0.25) is 0 Å². The first-order valence-corrected chi connectivity index (χ1v) is 5.83. The maximum Gasteiger partial charge on any atom is 0.314 e. The first-order valence-electron chi connectivity index (χ1n) is 5.83. The topological polar surface area (TPSA) is 78.9 Å². The number of rotatable bonds is 3. The SMILES string of the molecule is CC(C(=O)O)c1n[nH]c(C2CCCCC2)n1. The van der Waals surface area contributed by atoms with Gasteiger partial charge in [0.2, 0.25) is 0 Å². The van der Waals surface area contributed by atoms with Gasteiger partial charge in [0.1, 0.15) is 11.7 Å². The molecule has 1 fully saturated rings. The zero-order valence-electron chi connectivity index (χ0n) is 9.44. The maximum absolute atomic E-state index is 10.8. The van der Waals surface area contributed by atoms with Crippen molar-refractivity contribution in [1.82, 2.24) is 15.2 Å². The molecule has 1 aliphatic rings. The summed E-state index contributed by atoms with van der Waals surface area (Å²) in [5, 5.41) is 15.7. The molecule has 1 atom stereocenters. The Morgan fingerprint density at radius 1 is 1.44 bits per heavy atom. The van der Waals surface area contributed by atoms with Crippen LogP contribution in [0.5, 0.6) is 0 Å². The molecule has 0 spiro atoms. The van der Waals surface area contributed by atoms with Gasteiger partial charge in [0.05, 0.1) is 0 Å². The van der Waals surface area contributed by atoms with E-state index < -0.39 is 11.9 Å². The molecule has 0 aliphatic heterocycles. The van der Waals surface area contributed by atoms with Crippen molar-refractivity contribution in [3.8, 4) is 0 Å². The fourth-order valence-corrected chi connectivity index (χ4v) is 2.15. The van der Waals surface area contributed by atoms with Gasteiger partial charge in [-0.25, -0.2) is 4.98 Å². The monoisotopic (exact) mass is 223 g/mol. The standard InChI is InChI=1S/C11H17N3O2/c1-7(11(15)16)9-12-10(14-13-9)8-5-3-2-4-6-8/h7-8H,2-6H2,1H3,(H,15,16)(H,12,13,14). The van der Waals surface area contributed by atoms with Gasteiger partial charge in [0.25, 0.3) is 0 Å². The predicted molar refractivity (Wildman–Crippen MR) is 58.3 cm³/mol. The van der Waals surface area contributed by atoms with Crippen LogP contribution in [0.15, 0.2) is 0 Å². The zero-order chi connectivity index (χ0) is 11.5. The molecular formula is C11H17N3O2. The van der Waals surface area contributed by atoms with Gasteiger partial charge in [0, 0.05) is 5.92 Å². The van der Waals surface area contributed by atoms with E-state index in [1.165, 1.54) is 19.3 Å². The number of carbonyl (C=O) groups is 1. The molecule has 0 aromatic carbocycles. The van der Waals surface area contributed by atoms with Crippen LogP contribution in [-0.2, 0) is 4.79 Å². The third-order valence-electron chi connectivity index (χ3n) is 3.27. The smallest absolute Gasteiger partial charge is 0.314 e. The lowest BCUT2D eigenvalue weighted by Gasteiger charge is -2.18. The fourth-order valence-electron chi connectivity index (χ4n) is 2.15. The van der Waals surface area contributed by atoms with Crippen LogP contribution in [0.1, 0.15) is 62.5 Å². The third kappa shape index (κ3) is 2.23. The molecule has 0 saturated heterocycles. The van der Waals surface area contributed by atoms with E-state index in [4.69, 9.17) is 5.11 Å². The van der Waals surface area contributed by atoms with E-state index >= 15 is 0 Å². The normalized spacial score (nSPS) is 19.6. The summed E-state index contributed by atoms with van der Waals surface area (Å²) in [6.07, 6.45) is 6.03. The summed E-state index contributed by atoms with van der Waals surface area (Å²) in [6.45, 7) is 1.61. The van der Waals surface area contributed by atoms with E-state index in [9.17, 15) is 4.79 Å². The largest absolute Gasteiger partial charge is 0.481 e. The molecule has 88 valence electrons. The van der Waals surface area contributed by atoms with Crippen LogP contribution < -0.4 is 0 Å². The number of hydrogen-bond acceptors (Lipinski definition) is 3. The van der Waals surface area contributed by atoms with Gasteiger partial charge in [0.15, 0.2) is 5.82 Å². The van der Waals surface area contributed by atoms with E-state index in [0.29, 0.717) is 11.7 Å². The second-order valence-corrected chi connectivity index (χ2v) is 4.47. The molecule has 0 bridgehead atoms. The molecule has 1 unspecified atom stereocenters. The molecule has 5 heteroatoms. The molecule has 5 nitrogen and oxygen atoms in total. The van der Waals surface area contributed by atoms with Crippen molar-refractivity contribution in [2.45, 2.75) is 50.9 Å². The predicted octanol–water partition coefficient (Wildman–Crippen LogP) is 2.04. The van der Waals surface area contributed by atoms with Crippen molar-refractivity contribution in [3.05, 3.63) is 11.6 Å². The molecule has 1 aliphatic carbocycles. The molecule has 0 radical (unpaired) electrons. The minimum absolute atomic E-state index is 0.396. The Hall–Kier alpha value is -1.39. The number of carboxylic acid groups (broad SMARTS) is 1. The molecule has 2 N–H and O–H groups in total. The minimum atomic E-state index is -0.880. The fraction of sp³-hybridized carbons (Fsp3) is 0.727. The van der Waals surface area contributed by atoms with Crippen LogP contribution in [0.25, 0.3) is 0 Å². The lowest BCUT2D eigenvalue weighted by Crippen LogP contribution is -2.10. The second kappa shape index (κ2) is 4.63. The number of nitrogens with one attached hydrogen (secondary N) is 1. The highest BCUT2D eigenvalue weighted by atomic mass is 16.4. The summed E-state index contributed by atoms with van der Waals surface area (Å²) in [7, 11) is 0. The Kier molecular flexibility index (Phi) is 3.22. The summed E-state index contributed by atoms with van der Waals surface area (Å²) in [5.41, 5.74) is 0. The summed E-state index contributed by atoms with van der Waals surface area (Å²) in [6, 6.07) is 0. The molecule has 1 aromatic heterocycles. The summed E-state index contributed by atoms with van der Waals surface area (Å²) in [4.78, 5) is 15.1. The Bertz CT molecular complexity index is 369. The molecule has 1 aromatic rings. The van der Waals surface area contributed by atoms with Gasteiger partial charge in [-0.1, -0.05) is 19.3 Å². The van der Waals surface area contributed by atoms with Gasteiger partial charge < -0.3 is 5.11 Å². The number of aromatic nitrogens is 3. The van der Waals surface area contributed by atoms with E-state index in [2.05, 4.69) is 15.2 Å². The molecule has 16 heavy (non-hydrogen) atoms. The van der Waals surface area contributed by atoms with Crippen molar-refractivity contribution < 1.29 is 9.90 Å². The van der Waals surface area contributed by atoms with E-state index in [1.54, 1.807) is 6.92 Å². The average molecular weight is 223 g/mol. The quantitative estimate of drug-likeness (QED) is 0.821. The highest BCUT2D eigenvalue weighted by Crippen LogP contribution is 2.30. The van der Waals surface area contributed by atoms with Crippen molar-refractivity contribution in [1.29, 1.82) is 0 Å². The van der Waals surface area contributed by atoms with E-state index in [0.717, 1.165) is 18.7 Å². The van der Waals surface area contributed by atoms with Crippen LogP contribution in [0, 0.1) is 0 Å². The van der Waals surface area contributed by atoms with Gasteiger partial charge in [-0.15, -0.1) is 0 Å². The zero-order valence-corrected chi connectivity index (χ0v) is 9.44. The van der Waals surface area contributed by atoms with Gasteiger partial charge in [-0.3, -0.25) is 9.89 Å². The number of nitrogens with zero attached hydrogens (tertiary/aromatic N) is 2. The van der Waals surface area contributed by atoms with Crippen molar-refractivity contribution in [2.24, 2.45) is 0 Å². The lowest BCUT2D eigenvalue weighted by atomic mass is 9.89. The number of hydrogen-bond donors (Lipinski definition) is 2. The Balaban J connectivity index is 2.09. The van der Waals surface area contributed by atoms with Gasteiger partial charge in [-0.05, 0) is 19.8 Å². The molecule has 1 saturated carbocycles. The van der Waals surface area contributed by atoms with Gasteiger partial charge in [-0.2, -0.15) is 5.10 Å². The van der Waals surface area contributed by atoms with Crippen LogP contribution >= 0.6 is 0 Å². The molecular weight excluding hydrogens is 206 g/mol. The van der Waals surface area contributed by atoms with E-state index in [-0.39, 0.29) is 0 Å². The number of aliphatic carboxylic acids is 1. The van der Waals surface area contributed by atoms with Crippen molar-refractivity contribution >= 4 is 5.97 Å². The first kappa shape index (κ1) is 11.1. The van der Waals surface area contributed by atoms with Gasteiger partial charge >= 0.3 is 5.97 Å². The number of carboxylic acids is 1. The second-order valence-electron chi connectivity index (χ2n) is 4.47. The lowest BCUT2D eigenvalue weighted by molar-refractivity contribution is -0.138. The van der Waals surface area contributed by atoms with Crippen molar-refractivity contribution in [3.63, 3.8) is 0 Å². The minimum Gasteiger partial charge on any atom is -0.481 e. The molecule has 2 rings (SSSR count). The van der Waals surface area contributed by atoms with Crippen LogP contribution in [-0.4, -0.2) is 26.3 Å². The number of H-pyrrole nitrogens is 1. The third-order valence-corrected chi connectivity index (χ3v) is 3.27. The maximum atomic E-state index is 10.8.